The van der Waals surface area contributed by atoms with Crippen molar-refractivity contribution in [1.29, 1.82) is 0 Å². The molecule has 0 spiro atoms. The Bertz CT molecular complexity index is 651. The summed E-state index contributed by atoms with van der Waals surface area (Å²) in [6, 6.07) is -0.208. The van der Waals surface area contributed by atoms with Crippen molar-refractivity contribution >= 4 is 11.7 Å². The fourth-order valence-corrected chi connectivity index (χ4v) is 6.29. The lowest BCUT2D eigenvalue weighted by Gasteiger charge is -2.46. The van der Waals surface area contributed by atoms with Crippen LogP contribution in [0.2, 0.25) is 0 Å². The molecule has 1 heterocycles. The van der Waals surface area contributed by atoms with Gasteiger partial charge in [-0.1, -0.05) is 138 Å². The SMILES string of the molecule is CCCCCCCCCCCC(=O)CC(=O)N[C@H]1[C@@H](CC)O[C@H](CC(C)C)C(C)[C@@H]1OCCCCCCCCCC. The topological polar surface area (TPSA) is 64.6 Å². The zero-order valence-corrected chi connectivity index (χ0v) is 28.2. The van der Waals surface area contributed by atoms with Crippen LogP contribution in [-0.4, -0.2) is 42.7 Å². The first-order chi connectivity index (χ1) is 19.8. The van der Waals surface area contributed by atoms with E-state index in [0.717, 1.165) is 38.7 Å². The minimum absolute atomic E-state index is 0.0293. The number of Topliss-reactive ketones (excluding diaryl/α,β-unsaturated/α-hetero) is 1. The fraction of sp³-hybridized carbons (Fsp3) is 0.944. The molecule has 1 unspecified atom stereocenters. The highest BCUT2D eigenvalue weighted by Crippen LogP contribution is 2.33. The average Bonchev–Trinajstić information content (AvgIpc) is 2.93. The summed E-state index contributed by atoms with van der Waals surface area (Å²) < 4.78 is 13.1. The lowest BCUT2D eigenvalue weighted by molar-refractivity contribution is -0.175. The van der Waals surface area contributed by atoms with E-state index in [1.807, 2.05) is 0 Å². The second-order valence-electron chi connectivity index (χ2n) is 13.3. The van der Waals surface area contributed by atoms with E-state index in [1.54, 1.807) is 0 Å². The number of ketones is 1. The zero-order valence-electron chi connectivity index (χ0n) is 28.2. The molecule has 5 heteroatoms. The van der Waals surface area contributed by atoms with E-state index in [4.69, 9.17) is 9.47 Å². The Labute approximate surface area is 255 Å². The number of rotatable bonds is 26. The van der Waals surface area contributed by atoms with Crippen LogP contribution in [0.5, 0.6) is 0 Å². The Balaban J connectivity index is 2.54. The van der Waals surface area contributed by atoms with Gasteiger partial charge in [0.2, 0.25) is 5.91 Å². The minimum Gasteiger partial charge on any atom is -0.376 e. The largest absolute Gasteiger partial charge is 0.376 e. The monoisotopic (exact) mass is 580 g/mol. The quantitative estimate of drug-likeness (QED) is 0.0818. The maximum absolute atomic E-state index is 13.0. The molecule has 1 fully saturated rings. The third-order valence-corrected chi connectivity index (χ3v) is 8.87. The van der Waals surface area contributed by atoms with Gasteiger partial charge < -0.3 is 14.8 Å². The van der Waals surface area contributed by atoms with Crippen LogP contribution in [-0.2, 0) is 19.1 Å². The summed E-state index contributed by atoms with van der Waals surface area (Å²) in [5.41, 5.74) is 0. The molecule has 1 saturated heterocycles. The number of carbonyl (C=O) groups is 2. The van der Waals surface area contributed by atoms with Crippen molar-refractivity contribution in [3.05, 3.63) is 0 Å². The van der Waals surface area contributed by atoms with Crippen LogP contribution >= 0.6 is 0 Å². The second kappa shape index (κ2) is 24.5. The van der Waals surface area contributed by atoms with Crippen molar-refractivity contribution in [3.8, 4) is 0 Å². The van der Waals surface area contributed by atoms with Gasteiger partial charge in [0.15, 0.2) is 0 Å². The standard InChI is InChI=1S/C36H69NO4/c1-7-10-12-14-16-18-19-21-23-25-31(38)28-34(39)37-35-32(9-3)41-33(27-29(4)5)30(6)36(35)40-26-24-22-20-17-15-13-11-8-2/h29-30,32-33,35-36H,7-28H2,1-6H3,(H,37,39)/t30?,32-,33-,35+,36+/m1/s1. The van der Waals surface area contributed by atoms with Crippen LogP contribution in [0.3, 0.4) is 0 Å². The van der Waals surface area contributed by atoms with Crippen LogP contribution in [0.15, 0.2) is 0 Å². The lowest BCUT2D eigenvalue weighted by Crippen LogP contribution is -2.61. The third-order valence-electron chi connectivity index (χ3n) is 8.87. The summed E-state index contributed by atoms with van der Waals surface area (Å²) in [7, 11) is 0. The van der Waals surface area contributed by atoms with Crippen LogP contribution in [0, 0.1) is 11.8 Å². The molecule has 1 rings (SSSR count). The number of hydrogen-bond donors (Lipinski definition) is 1. The molecule has 0 aromatic carbocycles. The maximum atomic E-state index is 13.0. The van der Waals surface area contributed by atoms with E-state index in [2.05, 4.69) is 46.9 Å². The smallest absolute Gasteiger partial charge is 0.227 e. The van der Waals surface area contributed by atoms with Crippen LogP contribution in [0.25, 0.3) is 0 Å². The summed E-state index contributed by atoms with van der Waals surface area (Å²) in [5, 5.41) is 3.21. The van der Waals surface area contributed by atoms with E-state index in [0.29, 0.717) is 12.3 Å². The van der Waals surface area contributed by atoms with Crippen molar-refractivity contribution in [2.45, 2.75) is 201 Å². The highest BCUT2D eigenvalue weighted by atomic mass is 16.5. The summed E-state index contributed by atoms with van der Waals surface area (Å²) in [4.78, 5) is 25.6. The molecule has 0 bridgehead atoms. The van der Waals surface area contributed by atoms with E-state index < -0.39 is 0 Å². The normalized spacial score (nSPS) is 22.8. The van der Waals surface area contributed by atoms with E-state index in [1.165, 1.54) is 89.9 Å². The first-order valence-electron chi connectivity index (χ1n) is 17.9. The average molecular weight is 580 g/mol. The molecular formula is C36H69NO4. The van der Waals surface area contributed by atoms with Gasteiger partial charge in [-0.25, -0.2) is 0 Å². The van der Waals surface area contributed by atoms with Crippen molar-refractivity contribution in [3.63, 3.8) is 0 Å². The fourth-order valence-electron chi connectivity index (χ4n) is 6.29. The van der Waals surface area contributed by atoms with Gasteiger partial charge >= 0.3 is 0 Å². The van der Waals surface area contributed by atoms with Crippen molar-refractivity contribution in [1.82, 2.24) is 5.32 Å². The molecule has 0 aromatic rings. The minimum atomic E-state index is -0.208. The zero-order chi connectivity index (χ0) is 30.3. The maximum Gasteiger partial charge on any atom is 0.227 e. The van der Waals surface area contributed by atoms with Crippen molar-refractivity contribution in [2.75, 3.05) is 6.61 Å². The number of carbonyl (C=O) groups excluding carboxylic acids is 2. The van der Waals surface area contributed by atoms with E-state index in [9.17, 15) is 9.59 Å². The molecule has 1 N–H and O–H groups in total. The van der Waals surface area contributed by atoms with Gasteiger partial charge in [0.25, 0.3) is 0 Å². The first kappa shape index (κ1) is 38.1. The highest BCUT2D eigenvalue weighted by Gasteiger charge is 2.44. The molecular weight excluding hydrogens is 510 g/mol. The Hall–Kier alpha value is -0.940. The molecule has 0 aromatic heterocycles. The van der Waals surface area contributed by atoms with Crippen LogP contribution in [0.4, 0.5) is 0 Å². The van der Waals surface area contributed by atoms with Crippen molar-refractivity contribution < 1.29 is 19.1 Å². The van der Waals surface area contributed by atoms with Crippen LogP contribution < -0.4 is 5.32 Å². The molecule has 5 nitrogen and oxygen atoms in total. The predicted molar refractivity (Wildman–Crippen MR) is 173 cm³/mol. The highest BCUT2D eigenvalue weighted by molar-refractivity contribution is 5.98. The molecule has 0 aliphatic carbocycles. The summed E-state index contributed by atoms with van der Waals surface area (Å²) >= 11 is 0. The summed E-state index contributed by atoms with van der Waals surface area (Å²) in [6.07, 6.45) is 23.4. The van der Waals surface area contributed by atoms with Gasteiger partial charge in [0.1, 0.15) is 5.78 Å². The first-order valence-corrected chi connectivity index (χ1v) is 17.9. The van der Waals surface area contributed by atoms with Crippen molar-refractivity contribution in [2.24, 2.45) is 11.8 Å². The molecule has 242 valence electrons. The Morgan fingerprint density at radius 2 is 1.24 bits per heavy atom. The van der Waals surface area contributed by atoms with Crippen LogP contribution in [0.1, 0.15) is 176 Å². The number of ether oxygens (including phenoxy) is 2. The Morgan fingerprint density at radius 1 is 0.732 bits per heavy atom. The van der Waals surface area contributed by atoms with Gasteiger partial charge in [-0.15, -0.1) is 0 Å². The third kappa shape index (κ3) is 17.7. The number of amides is 1. The number of hydrogen-bond acceptors (Lipinski definition) is 4. The Morgan fingerprint density at radius 3 is 1.76 bits per heavy atom. The number of unbranched alkanes of at least 4 members (excludes halogenated alkanes) is 15. The molecule has 1 aliphatic heterocycles. The van der Waals surface area contributed by atoms with E-state index >= 15 is 0 Å². The molecule has 0 saturated carbocycles. The van der Waals surface area contributed by atoms with Gasteiger partial charge in [-0.2, -0.15) is 0 Å². The second-order valence-corrected chi connectivity index (χ2v) is 13.3. The molecule has 1 amide bonds. The molecule has 5 atom stereocenters. The van der Waals surface area contributed by atoms with E-state index in [-0.39, 0.29) is 48.4 Å². The Kier molecular flexibility index (Phi) is 22.8. The predicted octanol–water partition coefficient (Wildman–Crippen LogP) is 9.74. The van der Waals surface area contributed by atoms with Gasteiger partial charge in [0.05, 0.1) is 30.8 Å². The molecule has 0 radical (unpaired) electrons. The van der Waals surface area contributed by atoms with Gasteiger partial charge in [-0.05, 0) is 31.6 Å². The molecule has 1 aliphatic rings. The van der Waals surface area contributed by atoms with Gasteiger partial charge in [-0.3, -0.25) is 9.59 Å². The van der Waals surface area contributed by atoms with Gasteiger partial charge in [0, 0.05) is 18.9 Å². The molecule has 41 heavy (non-hydrogen) atoms. The summed E-state index contributed by atoms with van der Waals surface area (Å²) in [6.45, 7) is 14.0. The summed E-state index contributed by atoms with van der Waals surface area (Å²) in [5.74, 6) is 0.612. The number of nitrogens with one attached hydrogen (secondary N) is 1. The lowest BCUT2D eigenvalue weighted by atomic mass is 9.82.